The Morgan fingerprint density at radius 3 is 2.32 bits per heavy atom. The van der Waals surface area contributed by atoms with Crippen molar-refractivity contribution in [1.82, 2.24) is 9.88 Å². The van der Waals surface area contributed by atoms with Gasteiger partial charge in [0, 0.05) is 36.5 Å². The van der Waals surface area contributed by atoms with Gasteiger partial charge in [-0.1, -0.05) is 45.0 Å². The summed E-state index contributed by atoms with van der Waals surface area (Å²) in [7, 11) is -1.92. The van der Waals surface area contributed by atoms with E-state index in [4.69, 9.17) is 9.16 Å². The average Bonchev–Trinajstić information content (AvgIpc) is 3.29. The number of halogens is 3. The highest BCUT2D eigenvalue weighted by molar-refractivity contribution is 6.74. The van der Waals surface area contributed by atoms with Crippen LogP contribution in [0.3, 0.4) is 0 Å². The summed E-state index contributed by atoms with van der Waals surface area (Å²) in [4.78, 5) is 6.31. The van der Waals surface area contributed by atoms with Crippen molar-refractivity contribution in [1.29, 1.82) is 0 Å². The lowest BCUT2D eigenvalue weighted by atomic mass is 9.84. The molecule has 236 valence electrons. The minimum absolute atomic E-state index is 0.0550. The Kier molecular flexibility index (Phi) is 8.93. The molecule has 44 heavy (non-hydrogen) atoms. The van der Waals surface area contributed by atoms with E-state index in [-0.39, 0.29) is 35.5 Å². The number of nitrogens with zero attached hydrogens (tertiary/aromatic N) is 2. The smallest absolute Gasteiger partial charge is 0.192 e. The number of benzene rings is 2. The minimum Gasteiger partial charge on any atom is -0.487 e. The molecule has 0 bridgehead atoms. The fourth-order valence-corrected chi connectivity index (χ4v) is 7.05. The first kappa shape index (κ1) is 32.5. The van der Waals surface area contributed by atoms with Crippen LogP contribution in [0, 0.1) is 11.6 Å². The van der Waals surface area contributed by atoms with Gasteiger partial charge in [0.2, 0.25) is 0 Å². The lowest BCUT2D eigenvalue weighted by Gasteiger charge is -2.44. The summed E-state index contributed by atoms with van der Waals surface area (Å²) in [5, 5.41) is 0.0981. The van der Waals surface area contributed by atoms with Crippen LogP contribution in [0.25, 0.3) is 5.57 Å². The molecule has 0 radical (unpaired) electrons. The second-order valence-corrected chi connectivity index (χ2v) is 19.3. The van der Waals surface area contributed by atoms with Gasteiger partial charge in [0.25, 0.3) is 0 Å². The lowest BCUT2D eigenvalue weighted by molar-refractivity contribution is 0.0676. The van der Waals surface area contributed by atoms with E-state index in [1.54, 1.807) is 6.20 Å². The van der Waals surface area contributed by atoms with Crippen LogP contribution in [0.4, 0.5) is 13.2 Å². The van der Waals surface area contributed by atoms with Crippen LogP contribution in [0.15, 0.2) is 60.3 Å². The monoisotopic (exact) mass is 622 g/mol. The Labute approximate surface area is 261 Å². The van der Waals surface area contributed by atoms with Crippen LogP contribution in [-0.2, 0) is 24.1 Å². The third-order valence-corrected chi connectivity index (χ3v) is 13.9. The minimum atomic E-state index is -1.92. The Balaban J connectivity index is 1.39. The molecule has 0 saturated carbocycles. The van der Waals surface area contributed by atoms with Crippen molar-refractivity contribution >= 4 is 13.9 Å². The molecule has 1 aliphatic carbocycles. The van der Waals surface area contributed by atoms with Crippen LogP contribution in [0.1, 0.15) is 82.0 Å². The molecule has 0 saturated heterocycles. The molecule has 1 aliphatic heterocycles. The van der Waals surface area contributed by atoms with Gasteiger partial charge in [-0.3, -0.25) is 9.88 Å². The fourth-order valence-electron chi connectivity index (χ4n) is 6.09. The largest absolute Gasteiger partial charge is 0.487 e. The summed E-state index contributed by atoms with van der Waals surface area (Å²) in [5.74, 6) is -1.32. The first-order chi connectivity index (χ1) is 20.5. The number of hydrogen-bond acceptors (Lipinski definition) is 4. The predicted molar refractivity (Wildman–Crippen MR) is 173 cm³/mol. The van der Waals surface area contributed by atoms with Crippen LogP contribution in [-0.4, -0.2) is 36.5 Å². The van der Waals surface area contributed by atoms with Gasteiger partial charge in [0.15, 0.2) is 8.32 Å². The van der Waals surface area contributed by atoms with Crippen LogP contribution >= 0.6 is 0 Å². The van der Waals surface area contributed by atoms with E-state index < -0.39 is 31.7 Å². The summed E-state index contributed by atoms with van der Waals surface area (Å²) < 4.78 is 59.3. The zero-order valence-electron chi connectivity index (χ0n) is 27.2. The molecular formula is C36H45F3N2O2Si. The Morgan fingerprint density at radius 2 is 1.66 bits per heavy atom. The zero-order valence-corrected chi connectivity index (χ0v) is 28.2. The predicted octanol–water partition coefficient (Wildman–Crippen LogP) is 9.35. The summed E-state index contributed by atoms with van der Waals surface area (Å²) in [6.45, 7) is 16.6. The number of alkyl halides is 1. The molecule has 2 aliphatic rings. The number of pyridine rings is 1. The van der Waals surface area contributed by atoms with Crippen molar-refractivity contribution in [3.05, 3.63) is 99.9 Å². The van der Waals surface area contributed by atoms with E-state index in [0.717, 1.165) is 27.8 Å². The van der Waals surface area contributed by atoms with Gasteiger partial charge >= 0.3 is 0 Å². The molecule has 5 rings (SSSR count). The van der Waals surface area contributed by atoms with Crippen molar-refractivity contribution < 1.29 is 22.3 Å². The summed E-state index contributed by atoms with van der Waals surface area (Å²) >= 11 is 0. The van der Waals surface area contributed by atoms with Crippen molar-refractivity contribution in [3.63, 3.8) is 0 Å². The lowest BCUT2D eigenvalue weighted by Crippen LogP contribution is -2.47. The number of hydrogen-bond donors (Lipinski definition) is 0. The first-order valence-electron chi connectivity index (χ1n) is 15.5. The van der Waals surface area contributed by atoms with Gasteiger partial charge in [-0.2, -0.15) is 0 Å². The second kappa shape index (κ2) is 12.1. The molecule has 0 amide bonds. The average molecular weight is 623 g/mol. The van der Waals surface area contributed by atoms with Crippen LogP contribution in [0.5, 0.6) is 5.75 Å². The highest BCUT2D eigenvalue weighted by atomic mass is 28.4. The van der Waals surface area contributed by atoms with E-state index in [9.17, 15) is 0 Å². The molecule has 0 N–H and O–H groups in total. The highest BCUT2D eigenvalue weighted by Crippen LogP contribution is 2.50. The first-order valence-corrected chi connectivity index (χ1v) is 18.4. The third-order valence-electron chi connectivity index (χ3n) is 9.40. The van der Waals surface area contributed by atoms with E-state index in [0.29, 0.717) is 25.1 Å². The van der Waals surface area contributed by atoms with Crippen LogP contribution in [0.2, 0.25) is 18.1 Å². The number of rotatable bonds is 9. The van der Waals surface area contributed by atoms with Crippen molar-refractivity contribution in [2.75, 3.05) is 6.54 Å². The maximum Gasteiger partial charge on any atom is 0.192 e. The van der Waals surface area contributed by atoms with Gasteiger partial charge in [0.1, 0.15) is 29.7 Å². The third kappa shape index (κ3) is 6.82. The molecule has 4 nitrogen and oxygen atoms in total. The SMILES string of the molecule is C[C@@H]1CC2=C(Cc3ccccc32)[C@@H](c2c(F)cc(OCc3cc(CO[Si](C)(C)C(C)(C)C)ccn3)cc2F)N1CC(C)(C)F. The van der Waals surface area contributed by atoms with Gasteiger partial charge in [0.05, 0.1) is 18.3 Å². The highest BCUT2D eigenvalue weighted by Gasteiger charge is 2.43. The van der Waals surface area contributed by atoms with Gasteiger partial charge in [-0.25, -0.2) is 13.2 Å². The summed E-state index contributed by atoms with van der Waals surface area (Å²) in [5.41, 5.74) is 4.35. The maximum atomic E-state index is 16.0. The standard InChI is InChI=1S/C36H45F3N2O2Si/c1-23-15-29-28-12-10-9-11-25(28)17-30(29)34(41(23)22-36(5,6)39)33-31(37)18-27(19-32(33)38)42-21-26-16-24(13-14-40-26)20-43-44(7,8)35(2,3)4/h9-14,16,18-19,23,34H,15,17,20-22H2,1-8H3/t23-,34+/m1/s1. The molecule has 0 spiro atoms. The number of ether oxygens (including phenoxy) is 1. The number of aromatic nitrogens is 1. The molecular weight excluding hydrogens is 577 g/mol. The van der Waals surface area contributed by atoms with E-state index >= 15 is 13.2 Å². The topological polar surface area (TPSA) is 34.6 Å². The molecule has 2 atom stereocenters. The molecule has 1 aromatic heterocycles. The Bertz CT molecular complexity index is 1530. The normalized spacial score (nSPS) is 19.2. The van der Waals surface area contributed by atoms with E-state index in [1.807, 2.05) is 36.1 Å². The maximum absolute atomic E-state index is 16.0. The van der Waals surface area contributed by atoms with Gasteiger partial charge < -0.3 is 9.16 Å². The molecule has 0 unspecified atom stereocenters. The Hall–Kier alpha value is -2.94. The van der Waals surface area contributed by atoms with Crippen molar-refractivity contribution in [2.24, 2.45) is 0 Å². The Morgan fingerprint density at radius 1 is 0.977 bits per heavy atom. The van der Waals surface area contributed by atoms with Crippen molar-refractivity contribution in [2.45, 2.75) is 103 Å². The van der Waals surface area contributed by atoms with Gasteiger partial charge in [-0.15, -0.1) is 0 Å². The molecule has 8 heteroatoms. The van der Waals surface area contributed by atoms with Crippen molar-refractivity contribution in [3.8, 4) is 5.75 Å². The quantitative estimate of drug-likeness (QED) is 0.223. The summed E-state index contributed by atoms with van der Waals surface area (Å²) in [6.07, 6.45) is 2.99. The molecule has 2 aromatic carbocycles. The van der Waals surface area contributed by atoms with Gasteiger partial charge in [-0.05, 0) is 91.7 Å². The second-order valence-electron chi connectivity index (χ2n) is 14.5. The summed E-state index contributed by atoms with van der Waals surface area (Å²) in [6, 6.07) is 13.6. The molecule has 2 heterocycles. The van der Waals surface area contributed by atoms with E-state index in [2.05, 4.69) is 51.0 Å². The number of fused-ring (bicyclic) bond motifs is 2. The molecule has 3 aromatic rings. The fraction of sp³-hybridized carbons (Fsp3) is 0.472. The van der Waals surface area contributed by atoms with E-state index in [1.165, 1.54) is 26.0 Å². The molecule has 0 fully saturated rings. The zero-order chi connectivity index (χ0) is 32.0. The van der Waals surface area contributed by atoms with Crippen LogP contribution < -0.4 is 4.74 Å².